The predicted octanol–water partition coefficient (Wildman–Crippen LogP) is 6.09. The highest BCUT2D eigenvalue weighted by Crippen LogP contribution is 2.27. The molecule has 20 heavy (non-hydrogen) atoms. The van der Waals surface area contributed by atoms with E-state index in [9.17, 15) is 4.39 Å². The molecule has 1 nitrogen and oxygen atoms in total. The summed E-state index contributed by atoms with van der Waals surface area (Å²) in [6.07, 6.45) is 2.01. The van der Waals surface area contributed by atoms with Crippen molar-refractivity contribution in [1.82, 2.24) is 0 Å². The number of benzene rings is 2. The maximum atomic E-state index is 13.2. The molecule has 0 spiro atoms. The molecule has 0 fully saturated rings. The van der Waals surface area contributed by atoms with Gasteiger partial charge in [0.15, 0.2) is 0 Å². The van der Waals surface area contributed by atoms with Crippen molar-refractivity contribution >= 4 is 28.9 Å². The van der Waals surface area contributed by atoms with E-state index in [1.807, 2.05) is 24.3 Å². The largest absolute Gasteiger partial charge is 0.378 e. The number of hydrogen-bond donors (Lipinski definition) is 1. The molecule has 0 aromatic heterocycles. The fourth-order valence-electron chi connectivity index (χ4n) is 2.09. The minimum absolute atomic E-state index is 0.126. The van der Waals surface area contributed by atoms with Crippen molar-refractivity contribution in [3.05, 3.63) is 63.9 Å². The average Bonchev–Trinajstić information content (AvgIpc) is 2.43. The SMILES string of the molecule is CCCC(Nc1ccc(F)c(Cl)c1)c1ccc(Cl)cc1. The molecular formula is C16H16Cl2FN. The van der Waals surface area contributed by atoms with Crippen LogP contribution in [0.15, 0.2) is 42.5 Å². The monoisotopic (exact) mass is 311 g/mol. The molecule has 0 saturated heterocycles. The summed E-state index contributed by atoms with van der Waals surface area (Å²) in [4.78, 5) is 0. The zero-order valence-electron chi connectivity index (χ0n) is 11.2. The van der Waals surface area contributed by atoms with Gasteiger partial charge in [-0.25, -0.2) is 4.39 Å². The number of nitrogens with one attached hydrogen (secondary N) is 1. The Labute approximate surface area is 128 Å². The van der Waals surface area contributed by atoms with E-state index in [1.165, 1.54) is 6.07 Å². The van der Waals surface area contributed by atoms with E-state index in [0.717, 1.165) is 24.1 Å². The van der Waals surface area contributed by atoms with Crippen molar-refractivity contribution in [3.8, 4) is 0 Å². The average molecular weight is 312 g/mol. The van der Waals surface area contributed by atoms with Gasteiger partial charge in [-0.15, -0.1) is 0 Å². The molecule has 106 valence electrons. The predicted molar refractivity (Wildman–Crippen MR) is 84.1 cm³/mol. The minimum Gasteiger partial charge on any atom is -0.378 e. The van der Waals surface area contributed by atoms with Crippen molar-refractivity contribution in [1.29, 1.82) is 0 Å². The molecule has 0 aliphatic rings. The standard InChI is InChI=1S/C16H16Cl2FN/c1-2-3-16(11-4-6-12(17)7-5-11)20-13-8-9-15(19)14(18)10-13/h4-10,16,20H,2-3H2,1H3. The van der Waals surface area contributed by atoms with E-state index in [-0.39, 0.29) is 11.1 Å². The maximum Gasteiger partial charge on any atom is 0.141 e. The number of anilines is 1. The first-order valence-electron chi connectivity index (χ1n) is 6.57. The van der Waals surface area contributed by atoms with Crippen LogP contribution >= 0.6 is 23.2 Å². The second-order valence-electron chi connectivity index (χ2n) is 4.67. The fraction of sp³-hybridized carbons (Fsp3) is 0.250. The molecule has 1 unspecified atom stereocenters. The third kappa shape index (κ3) is 3.87. The lowest BCUT2D eigenvalue weighted by Crippen LogP contribution is -2.10. The molecule has 0 aliphatic heterocycles. The van der Waals surface area contributed by atoms with Crippen LogP contribution in [-0.4, -0.2) is 0 Å². The van der Waals surface area contributed by atoms with E-state index >= 15 is 0 Å². The molecule has 2 aromatic carbocycles. The Morgan fingerprint density at radius 3 is 2.40 bits per heavy atom. The molecule has 1 N–H and O–H groups in total. The second-order valence-corrected chi connectivity index (χ2v) is 5.51. The Kier molecular flexibility index (Phi) is 5.27. The fourth-order valence-corrected chi connectivity index (χ4v) is 2.40. The van der Waals surface area contributed by atoms with Crippen LogP contribution in [0.4, 0.5) is 10.1 Å². The Morgan fingerprint density at radius 1 is 1.10 bits per heavy atom. The van der Waals surface area contributed by atoms with Gasteiger partial charge >= 0.3 is 0 Å². The van der Waals surface area contributed by atoms with Crippen molar-refractivity contribution < 1.29 is 4.39 Å². The van der Waals surface area contributed by atoms with Gasteiger partial charge in [-0.2, -0.15) is 0 Å². The Hall–Kier alpha value is -1.25. The lowest BCUT2D eigenvalue weighted by atomic mass is 10.0. The molecule has 4 heteroatoms. The third-order valence-electron chi connectivity index (χ3n) is 3.11. The molecule has 0 bridgehead atoms. The van der Waals surface area contributed by atoms with Crippen molar-refractivity contribution in [3.63, 3.8) is 0 Å². The van der Waals surface area contributed by atoms with Crippen molar-refractivity contribution in [2.45, 2.75) is 25.8 Å². The highest BCUT2D eigenvalue weighted by molar-refractivity contribution is 6.31. The summed E-state index contributed by atoms with van der Waals surface area (Å²) in [5.41, 5.74) is 1.96. The molecule has 1 atom stereocenters. The van der Waals surface area contributed by atoms with Crippen LogP contribution in [-0.2, 0) is 0 Å². The van der Waals surface area contributed by atoms with Gasteiger partial charge in [-0.05, 0) is 42.3 Å². The molecule has 0 amide bonds. The zero-order valence-corrected chi connectivity index (χ0v) is 12.7. The van der Waals surface area contributed by atoms with E-state index in [1.54, 1.807) is 12.1 Å². The van der Waals surface area contributed by atoms with Crippen LogP contribution in [0.5, 0.6) is 0 Å². The van der Waals surface area contributed by atoms with Crippen LogP contribution < -0.4 is 5.32 Å². The third-order valence-corrected chi connectivity index (χ3v) is 3.65. The normalized spacial score (nSPS) is 12.2. The van der Waals surface area contributed by atoms with Gasteiger partial charge < -0.3 is 5.32 Å². The summed E-state index contributed by atoms with van der Waals surface area (Å²) >= 11 is 11.7. The van der Waals surface area contributed by atoms with Gasteiger partial charge in [-0.3, -0.25) is 0 Å². The van der Waals surface area contributed by atoms with E-state index in [0.29, 0.717) is 5.02 Å². The number of rotatable bonds is 5. The van der Waals surface area contributed by atoms with Crippen molar-refractivity contribution in [2.75, 3.05) is 5.32 Å². The van der Waals surface area contributed by atoms with E-state index in [4.69, 9.17) is 23.2 Å². The first-order chi connectivity index (χ1) is 9.60. The smallest absolute Gasteiger partial charge is 0.141 e. The molecule has 0 radical (unpaired) electrons. The van der Waals surface area contributed by atoms with Gasteiger partial charge in [0.2, 0.25) is 0 Å². The molecular weight excluding hydrogens is 296 g/mol. The van der Waals surface area contributed by atoms with Gasteiger partial charge in [-0.1, -0.05) is 48.7 Å². The molecule has 2 rings (SSSR count). The number of halogens is 3. The highest BCUT2D eigenvalue weighted by Gasteiger charge is 2.11. The summed E-state index contributed by atoms with van der Waals surface area (Å²) in [5, 5.41) is 4.23. The second kappa shape index (κ2) is 6.96. The van der Waals surface area contributed by atoms with Crippen LogP contribution in [0.25, 0.3) is 0 Å². The Balaban J connectivity index is 2.20. The van der Waals surface area contributed by atoms with Gasteiger partial charge in [0.1, 0.15) is 5.82 Å². The first kappa shape index (κ1) is 15.1. The summed E-state index contributed by atoms with van der Waals surface area (Å²) in [7, 11) is 0. The lowest BCUT2D eigenvalue weighted by molar-refractivity contribution is 0.627. The van der Waals surface area contributed by atoms with Crippen LogP contribution in [0, 0.1) is 5.82 Å². The van der Waals surface area contributed by atoms with Gasteiger partial charge in [0, 0.05) is 10.7 Å². The van der Waals surface area contributed by atoms with Crippen molar-refractivity contribution in [2.24, 2.45) is 0 Å². The van der Waals surface area contributed by atoms with E-state index < -0.39 is 5.82 Å². The highest BCUT2D eigenvalue weighted by atomic mass is 35.5. The molecule has 0 saturated carbocycles. The molecule has 0 aliphatic carbocycles. The lowest BCUT2D eigenvalue weighted by Gasteiger charge is -2.20. The minimum atomic E-state index is -0.407. The molecule has 2 aromatic rings. The summed E-state index contributed by atoms with van der Waals surface area (Å²) in [6, 6.07) is 12.6. The van der Waals surface area contributed by atoms with Crippen LogP contribution in [0.1, 0.15) is 31.4 Å². The quantitative estimate of drug-likeness (QED) is 0.705. The summed E-state index contributed by atoms with van der Waals surface area (Å²) in [5.74, 6) is -0.407. The van der Waals surface area contributed by atoms with Crippen LogP contribution in [0.2, 0.25) is 10.0 Å². The molecule has 0 heterocycles. The number of hydrogen-bond acceptors (Lipinski definition) is 1. The maximum absolute atomic E-state index is 13.2. The van der Waals surface area contributed by atoms with Crippen LogP contribution in [0.3, 0.4) is 0 Å². The first-order valence-corrected chi connectivity index (χ1v) is 7.32. The summed E-state index contributed by atoms with van der Waals surface area (Å²) in [6.45, 7) is 2.13. The zero-order chi connectivity index (χ0) is 14.5. The van der Waals surface area contributed by atoms with Gasteiger partial charge in [0.05, 0.1) is 11.1 Å². The van der Waals surface area contributed by atoms with E-state index in [2.05, 4.69) is 12.2 Å². The Bertz CT molecular complexity index is 569. The topological polar surface area (TPSA) is 12.0 Å². The Morgan fingerprint density at radius 2 is 1.80 bits per heavy atom. The van der Waals surface area contributed by atoms with Gasteiger partial charge in [0.25, 0.3) is 0 Å². The summed E-state index contributed by atoms with van der Waals surface area (Å²) < 4.78 is 13.2.